The van der Waals surface area contributed by atoms with Crippen LogP contribution < -0.4 is 14.8 Å². The Morgan fingerprint density at radius 2 is 1.95 bits per heavy atom. The largest absolute Gasteiger partial charge is 0.493 e. The summed E-state index contributed by atoms with van der Waals surface area (Å²) in [5.41, 5.74) is 1.25. The van der Waals surface area contributed by atoms with Crippen molar-refractivity contribution in [2.75, 3.05) is 13.7 Å². The number of hydrogen-bond donors (Lipinski definition) is 1. The minimum absolute atomic E-state index is 0.586. The van der Waals surface area contributed by atoms with Gasteiger partial charge in [0, 0.05) is 12.6 Å². The zero-order valence-electron chi connectivity index (χ0n) is 13.7. The second-order valence-electron chi connectivity index (χ2n) is 5.99. The predicted molar refractivity (Wildman–Crippen MR) is 87.0 cm³/mol. The summed E-state index contributed by atoms with van der Waals surface area (Å²) in [7, 11) is 1.68. The molecule has 1 N–H and O–H groups in total. The maximum atomic E-state index is 5.64. The van der Waals surface area contributed by atoms with Gasteiger partial charge in [-0.3, -0.25) is 0 Å². The van der Waals surface area contributed by atoms with Crippen LogP contribution in [-0.4, -0.2) is 19.8 Å². The highest BCUT2D eigenvalue weighted by molar-refractivity contribution is 5.42. The van der Waals surface area contributed by atoms with Crippen molar-refractivity contribution in [3.8, 4) is 11.5 Å². The van der Waals surface area contributed by atoms with E-state index in [0.29, 0.717) is 12.6 Å². The lowest BCUT2D eigenvalue weighted by molar-refractivity contribution is 0.280. The van der Waals surface area contributed by atoms with Gasteiger partial charge in [0.05, 0.1) is 13.7 Å². The first kappa shape index (κ1) is 16.2. The summed E-state index contributed by atoms with van der Waals surface area (Å²) in [4.78, 5) is 0. The Bertz CT molecular complexity index is 427. The van der Waals surface area contributed by atoms with Gasteiger partial charge < -0.3 is 14.8 Å². The summed E-state index contributed by atoms with van der Waals surface area (Å²) in [6.07, 6.45) is 6.96. The lowest BCUT2D eigenvalue weighted by Gasteiger charge is -2.28. The molecular weight excluding hydrogens is 262 g/mol. The van der Waals surface area contributed by atoms with E-state index in [1.165, 1.54) is 37.7 Å². The fourth-order valence-corrected chi connectivity index (χ4v) is 3.18. The average Bonchev–Trinajstić information content (AvgIpc) is 2.54. The van der Waals surface area contributed by atoms with Crippen LogP contribution >= 0.6 is 0 Å². The smallest absolute Gasteiger partial charge is 0.161 e. The van der Waals surface area contributed by atoms with Gasteiger partial charge in [0.25, 0.3) is 0 Å². The Hall–Kier alpha value is -1.22. The third kappa shape index (κ3) is 4.63. The quantitative estimate of drug-likeness (QED) is 0.818. The van der Waals surface area contributed by atoms with Gasteiger partial charge in [-0.05, 0) is 50.3 Å². The normalized spacial score (nSPS) is 17.5. The summed E-state index contributed by atoms with van der Waals surface area (Å²) < 4.78 is 11.0. The number of nitrogens with one attached hydrogen (secondary N) is 1. The van der Waals surface area contributed by atoms with E-state index in [1.807, 2.05) is 13.0 Å². The van der Waals surface area contributed by atoms with E-state index in [0.717, 1.165) is 24.0 Å². The highest BCUT2D eigenvalue weighted by Gasteiger charge is 2.19. The first-order valence-corrected chi connectivity index (χ1v) is 8.27. The molecule has 2 rings (SSSR count). The first-order valence-electron chi connectivity index (χ1n) is 8.27. The second-order valence-corrected chi connectivity index (χ2v) is 5.99. The van der Waals surface area contributed by atoms with Crippen molar-refractivity contribution in [3.63, 3.8) is 0 Å². The highest BCUT2D eigenvalue weighted by Crippen LogP contribution is 2.29. The molecule has 3 heteroatoms. The van der Waals surface area contributed by atoms with E-state index in [9.17, 15) is 0 Å². The van der Waals surface area contributed by atoms with Gasteiger partial charge in [0.1, 0.15) is 0 Å². The second kappa shape index (κ2) is 8.28. The van der Waals surface area contributed by atoms with Crippen molar-refractivity contribution in [1.82, 2.24) is 5.32 Å². The predicted octanol–water partition coefficient (Wildman–Crippen LogP) is 4.15. The van der Waals surface area contributed by atoms with Crippen molar-refractivity contribution < 1.29 is 9.47 Å². The SMILES string of the molecule is CCOc1cc(CN[C@H](C)C2CCCCC2)ccc1OC. The molecule has 1 aromatic rings. The topological polar surface area (TPSA) is 30.5 Å². The standard InChI is InChI=1S/C18H29NO2/c1-4-21-18-12-15(10-11-17(18)20-3)13-19-14(2)16-8-6-5-7-9-16/h10-12,14,16,19H,4-9,13H2,1-3H3/t14-/m1/s1. The molecule has 0 bridgehead atoms. The summed E-state index contributed by atoms with van der Waals surface area (Å²) in [5.74, 6) is 2.48. The monoisotopic (exact) mass is 291 g/mol. The molecule has 0 radical (unpaired) electrons. The molecule has 21 heavy (non-hydrogen) atoms. The molecule has 1 fully saturated rings. The molecule has 3 nitrogen and oxygen atoms in total. The van der Waals surface area contributed by atoms with Crippen LogP contribution in [0.1, 0.15) is 51.5 Å². The molecule has 0 unspecified atom stereocenters. The molecule has 1 aliphatic rings. The summed E-state index contributed by atoms with van der Waals surface area (Å²) in [6.45, 7) is 5.87. The summed E-state index contributed by atoms with van der Waals surface area (Å²) in [6, 6.07) is 6.78. The molecule has 1 saturated carbocycles. The molecule has 0 amide bonds. The zero-order chi connectivity index (χ0) is 15.1. The molecule has 0 aromatic heterocycles. The number of hydrogen-bond acceptors (Lipinski definition) is 3. The van der Waals surface area contributed by atoms with E-state index in [-0.39, 0.29) is 0 Å². The summed E-state index contributed by atoms with van der Waals surface area (Å²) in [5, 5.41) is 3.68. The Labute approximate surface area is 129 Å². The van der Waals surface area contributed by atoms with E-state index in [4.69, 9.17) is 9.47 Å². The third-order valence-corrected chi connectivity index (χ3v) is 4.51. The van der Waals surface area contributed by atoms with Crippen LogP contribution in [0, 0.1) is 5.92 Å². The Balaban J connectivity index is 1.91. The van der Waals surface area contributed by atoms with Crippen molar-refractivity contribution >= 4 is 0 Å². The van der Waals surface area contributed by atoms with Crippen LogP contribution in [-0.2, 0) is 6.54 Å². The fourth-order valence-electron chi connectivity index (χ4n) is 3.18. The van der Waals surface area contributed by atoms with Crippen LogP contribution in [0.15, 0.2) is 18.2 Å². The van der Waals surface area contributed by atoms with Gasteiger partial charge >= 0.3 is 0 Å². The minimum atomic E-state index is 0.586. The molecule has 1 aliphatic carbocycles. The molecule has 0 saturated heterocycles. The van der Waals surface area contributed by atoms with Gasteiger partial charge in [-0.15, -0.1) is 0 Å². The number of ether oxygens (including phenoxy) is 2. The van der Waals surface area contributed by atoms with Crippen molar-refractivity contribution in [1.29, 1.82) is 0 Å². The Morgan fingerprint density at radius 3 is 2.62 bits per heavy atom. The van der Waals surface area contributed by atoms with Gasteiger partial charge in [0.15, 0.2) is 11.5 Å². The highest BCUT2D eigenvalue weighted by atomic mass is 16.5. The van der Waals surface area contributed by atoms with E-state index < -0.39 is 0 Å². The maximum absolute atomic E-state index is 5.64. The maximum Gasteiger partial charge on any atom is 0.161 e. The van der Waals surface area contributed by atoms with Crippen molar-refractivity contribution in [2.45, 2.75) is 58.5 Å². The van der Waals surface area contributed by atoms with Crippen LogP contribution in [0.25, 0.3) is 0 Å². The van der Waals surface area contributed by atoms with Crippen LogP contribution in [0.2, 0.25) is 0 Å². The third-order valence-electron chi connectivity index (χ3n) is 4.51. The van der Waals surface area contributed by atoms with Crippen LogP contribution in [0.3, 0.4) is 0 Å². The zero-order valence-corrected chi connectivity index (χ0v) is 13.7. The lowest BCUT2D eigenvalue weighted by atomic mass is 9.84. The molecule has 0 aliphatic heterocycles. The number of methoxy groups -OCH3 is 1. The Morgan fingerprint density at radius 1 is 1.19 bits per heavy atom. The van der Waals surface area contributed by atoms with Crippen molar-refractivity contribution in [2.24, 2.45) is 5.92 Å². The molecular formula is C18H29NO2. The van der Waals surface area contributed by atoms with E-state index in [2.05, 4.69) is 24.4 Å². The van der Waals surface area contributed by atoms with Crippen LogP contribution in [0.5, 0.6) is 11.5 Å². The average molecular weight is 291 g/mol. The summed E-state index contributed by atoms with van der Waals surface area (Å²) >= 11 is 0. The lowest BCUT2D eigenvalue weighted by Crippen LogP contribution is -2.34. The molecule has 118 valence electrons. The van der Waals surface area contributed by atoms with Crippen molar-refractivity contribution in [3.05, 3.63) is 23.8 Å². The van der Waals surface area contributed by atoms with Gasteiger partial charge in [-0.2, -0.15) is 0 Å². The first-order chi connectivity index (χ1) is 10.2. The van der Waals surface area contributed by atoms with E-state index in [1.54, 1.807) is 7.11 Å². The Kier molecular flexibility index (Phi) is 6.37. The molecule has 0 spiro atoms. The molecule has 1 aromatic carbocycles. The number of benzene rings is 1. The van der Waals surface area contributed by atoms with Gasteiger partial charge in [-0.25, -0.2) is 0 Å². The fraction of sp³-hybridized carbons (Fsp3) is 0.667. The number of rotatable bonds is 7. The molecule has 1 atom stereocenters. The minimum Gasteiger partial charge on any atom is -0.493 e. The van der Waals surface area contributed by atoms with Gasteiger partial charge in [0.2, 0.25) is 0 Å². The van der Waals surface area contributed by atoms with Gasteiger partial charge in [-0.1, -0.05) is 25.3 Å². The van der Waals surface area contributed by atoms with Crippen LogP contribution in [0.4, 0.5) is 0 Å². The van der Waals surface area contributed by atoms with E-state index >= 15 is 0 Å². The molecule has 0 heterocycles.